The smallest absolute Gasteiger partial charge is 0.411 e. The molecule has 0 saturated carbocycles. The number of hydrogen-bond acceptors (Lipinski definition) is 5. The predicted octanol–water partition coefficient (Wildman–Crippen LogP) is 4.27. The first-order chi connectivity index (χ1) is 13.3. The molecule has 6 nitrogen and oxygen atoms in total. The van der Waals surface area contributed by atoms with Crippen molar-refractivity contribution in [1.29, 1.82) is 5.26 Å². The van der Waals surface area contributed by atoms with Gasteiger partial charge in [0, 0.05) is 24.3 Å². The van der Waals surface area contributed by atoms with E-state index in [2.05, 4.69) is 10.2 Å². The van der Waals surface area contributed by atoms with Crippen LogP contribution in [-0.2, 0) is 10.3 Å². The van der Waals surface area contributed by atoms with Gasteiger partial charge in [0.05, 0.1) is 22.7 Å². The van der Waals surface area contributed by atoms with E-state index < -0.39 is 11.7 Å². The number of carbonyl (C=O) groups is 1. The number of ether oxygens (including phenoxy) is 1. The lowest BCUT2D eigenvalue weighted by Crippen LogP contribution is -2.26. The monoisotopic (exact) mass is 399 g/mol. The molecule has 146 valence electrons. The summed E-state index contributed by atoms with van der Waals surface area (Å²) in [5.41, 5.74) is 1.77. The minimum Gasteiger partial charge on any atom is -0.444 e. The molecule has 1 fully saturated rings. The fourth-order valence-corrected chi connectivity index (χ4v) is 3.33. The van der Waals surface area contributed by atoms with Gasteiger partial charge in [-0.15, -0.1) is 0 Å². The summed E-state index contributed by atoms with van der Waals surface area (Å²) in [5.74, 6) is 0. The lowest BCUT2D eigenvalue weighted by atomic mass is 9.98. The second-order valence-electron chi connectivity index (χ2n) is 7.30. The van der Waals surface area contributed by atoms with Gasteiger partial charge >= 0.3 is 6.09 Å². The second kappa shape index (κ2) is 8.09. The lowest BCUT2D eigenvalue weighted by molar-refractivity contribution is 0.0786. The van der Waals surface area contributed by atoms with E-state index in [9.17, 15) is 9.90 Å². The third kappa shape index (κ3) is 4.75. The Balaban J connectivity index is 1.54. The molecular formula is C21H22ClN3O3. The van der Waals surface area contributed by atoms with Crippen LogP contribution in [0.1, 0.15) is 31.4 Å². The molecule has 7 heteroatoms. The topological polar surface area (TPSA) is 85.6 Å². The molecule has 1 atom stereocenters. The summed E-state index contributed by atoms with van der Waals surface area (Å²) in [5, 5.41) is 22.1. The zero-order valence-electron chi connectivity index (χ0n) is 15.8. The summed E-state index contributed by atoms with van der Waals surface area (Å²) in [7, 11) is 0. The van der Waals surface area contributed by atoms with Crippen molar-refractivity contribution in [1.82, 2.24) is 0 Å². The van der Waals surface area contributed by atoms with Gasteiger partial charge in [0.15, 0.2) is 0 Å². The zero-order chi connectivity index (χ0) is 20.3. The van der Waals surface area contributed by atoms with E-state index in [0.717, 1.165) is 17.8 Å². The highest BCUT2D eigenvalue weighted by Crippen LogP contribution is 2.27. The Morgan fingerprint density at radius 3 is 2.64 bits per heavy atom. The minimum absolute atomic E-state index is 0.231. The fourth-order valence-electron chi connectivity index (χ4n) is 3.11. The number of aliphatic hydroxyl groups is 1. The summed E-state index contributed by atoms with van der Waals surface area (Å²) in [6, 6.07) is 14.3. The molecule has 1 heterocycles. The van der Waals surface area contributed by atoms with Crippen LogP contribution >= 0.6 is 11.6 Å². The molecule has 1 aliphatic rings. The lowest BCUT2D eigenvalue weighted by Gasteiger charge is -2.19. The fraction of sp³-hybridized carbons (Fsp3) is 0.333. The quantitative estimate of drug-likeness (QED) is 0.801. The standard InChI is InChI=1S/C21H22ClN3O3/c1-21(2,27)15-4-6-16(7-5-15)24-20(26)28-18-9-10-25(13-18)17-8-3-14(12-23)19(22)11-17/h3-8,11,18,27H,9-10,13H2,1-2H3,(H,24,26)/t18-/m0/s1. The third-order valence-corrected chi connectivity index (χ3v) is 5.01. The van der Waals surface area contributed by atoms with Crippen molar-refractivity contribution in [2.45, 2.75) is 32.0 Å². The van der Waals surface area contributed by atoms with Crippen molar-refractivity contribution in [3.8, 4) is 6.07 Å². The van der Waals surface area contributed by atoms with Crippen molar-refractivity contribution in [2.75, 3.05) is 23.3 Å². The van der Waals surface area contributed by atoms with Crippen molar-refractivity contribution in [3.63, 3.8) is 0 Å². The average Bonchev–Trinajstić information content (AvgIpc) is 3.09. The van der Waals surface area contributed by atoms with E-state index in [0.29, 0.717) is 29.2 Å². The van der Waals surface area contributed by atoms with Gasteiger partial charge in [-0.05, 0) is 49.7 Å². The van der Waals surface area contributed by atoms with E-state index in [1.807, 2.05) is 12.1 Å². The number of benzene rings is 2. The molecule has 3 rings (SSSR count). The molecular weight excluding hydrogens is 378 g/mol. The molecule has 1 saturated heterocycles. The average molecular weight is 400 g/mol. The predicted molar refractivity (Wildman–Crippen MR) is 109 cm³/mol. The van der Waals surface area contributed by atoms with Crippen LogP contribution < -0.4 is 10.2 Å². The van der Waals surface area contributed by atoms with Gasteiger partial charge in [-0.25, -0.2) is 4.79 Å². The number of amides is 1. The van der Waals surface area contributed by atoms with E-state index in [4.69, 9.17) is 21.6 Å². The van der Waals surface area contributed by atoms with Crippen LogP contribution in [0.2, 0.25) is 5.02 Å². The zero-order valence-corrected chi connectivity index (χ0v) is 16.5. The number of halogens is 1. The number of rotatable bonds is 4. The minimum atomic E-state index is -0.930. The van der Waals surface area contributed by atoms with E-state index in [1.165, 1.54) is 0 Å². The summed E-state index contributed by atoms with van der Waals surface area (Å²) in [6.07, 6.45) is -0.0336. The molecule has 2 aromatic carbocycles. The highest BCUT2D eigenvalue weighted by molar-refractivity contribution is 6.32. The van der Waals surface area contributed by atoms with Gasteiger partial charge < -0.3 is 14.7 Å². The highest BCUT2D eigenvalue weighted by atomic mass is 35.5. The number of anilines is 2. The molecule has 0 radical (unpaired) electrons. The van der Waals surface area contributed by atoms with E-state index in [1.54, 1.807) is 50.2 Å². The molecule has 0 spiro atoms. The number of carbonyl (C=O) groups excluding carboxylic acids is 1. The van der Waals surface area contributed by atoms with Crippen molar-refractivity contribution in [2.24, 2.45) is 0 Å². The molecule has 2 N–H and O–H groups in total. The molecule has 1 amide bonds. The Hall–Kier alpha value is -2.75. The first-order valence-corrected chi connectivity index (χ1v) is 9.39. The van der Waals surface area contributed by atoms with Crippen LogP contribution in [0.5, 0.6) is 0 Å². The molecule has 0 aliphatic carbocycles. The van der Waals surface area contributed by atoms with Crippen LogP contribution in [0.4, 0.5) is 16.2 Å². The van der Waals surface area contributed by atoms with Crippen LogP contribution in [0.3, 0.4) is 0 Å². The van der Waals surface area contributed by atoms with Crippen LogP contribution in [0.15, 0.2) is 42.5 Å². The van der Waals surface area contributed by atoms with E-state index in [-0.39, 0.29) is 6.10 Å². The largest absolute Gasteiger partial charge is 0.444 e. The molecule has 0 unspecified atom stereocenters. The maximum atomic E-state index is 12.2. The summed E-state index contributed by atoms with van der Waals surface area (Å²) >= 11 is 6.10. The van der Waals surface area contributed by atoms with Crippen molar-refractivity contribution >= 4 is 29.1 Å². The Labute approximate surface area is 169 Å². The molecule has 2 aromatic rings. The first kappa shape index (κ1) is 20.0. The number of nitrogens with zero attached hydrogens (tertiary/aromatic N) is 2. The van der Waals surface area contributed by atoms with Gasteiger partial charge in [0.25, 0.3) is 0 Å². The maximum absolute atomic E-state index is 12.2. The Morgan fingerprint density at radius 1 is 1.32 bits per heavy atom. The van der Waals surface area contributed by atoms with Crippen molar-refractivity contribution in [3.05, 3.63) is 58.6 Å². The SMILES string of the molecule is CC(C)(O)c1ccc(NC(=O)O[C@H]2CCN(c3ccc(C#N)c(Cl)c3)C2)cc1. The number of nitrogens with one attached hydrogen (secondary N) is 1. The highest BCUT2D eigenvalue weighted by Gasteiger charge is 2.26. The Morgan fingerprint density at radius 2 is 2.04 bits per heavy atom. The van der Waals surface area contributed by atoms with Gasteiger partial charge in [0.2, 0.25) is 0 Å². The molecule has 1 aliphatic heterocycles. The third-order valence-electron chi connectivity index (χ3n) is 4.69. The normalized spacial score (nSPS) is 16.5. The first-order valence-electron chi connectivity index (χ1n) is 9.01. The molecule has 28 heavy (non-hydrogen) atoms. The maximum Gasteiger partial charge on any atom is 0.411 e. The van der Waals surface area contributed by atoms with Gasteiger partial charge in [-0.1, -0.05) is 23.7 Å². The van der Waals surface area contributed by atoms with Gasteiger partial charge in [-0.2, -0.15) is 5.26 Å². The van der Waals surface area contributed by atoms with Crippen LogP contribution in [0.25, 0.3) is 0 Å². The Bertz CT molecular complexity index is 901. The van der Waals surface area contributed by atoms with Crippen LogP contribution in [0, 0.1) is 11.3 Å². The van der Waals surface area contributed by atoms with E-state index >= 15 is 0 Å². The summed E-state index contributed by atoms with van der Waals surface area (Å²) in [6.45, 7) is 4.71. The summed E-state index contributed by atoms with van der Waals surface area (Å²) in [4.78, 5) is 14.2. The van der Waals surface area contributed by atoms with Crippen LogP contribution in [-0.4, -0.2) is 30.4 Å². The number of nitriles is 1. The Kier molecular flexibility index (Phi) is 5.78. The molecule has 0 bridgehead atoms. The number of hydrogen-bond donors (Lipinski definition) is 2. The molecule has 0 aromatic heterocycles. The second-order valence-corrected chi connectivity index (χ2v) is 7.71. The van der Waals surface area contributed by atoms with Gasteiger partial charge in [-0.3, -0.25) is 5.32 Å². The summed E-state index contributed by atoms with van der Waals surface area (Å²) < 4.78 is 5.51. The van der Waals surface area contributed by atoms with Gasteiger partial charge in [0.1, 0.15) is 12.2 Å². The van der Waals surface area contributed by atoms with Crippen molar-refractivity contribution < 1.29 is 14.6 Å².